The van der Waals surface area contributed by atoms with E-state index in [9.17, 15) is 14.7 Å². The van der Waals surface area contributed by atoms with E-state index in [0.717, 1.165) is 16.5 Å². The van der Waals surface area contributed by atoms with E-state index in [1.165, 1.54) is 6.33 Å². The first-order valence-electron chi connectivity index (χ1n) is 6.59. The number of carbonyl (C=O) groups is 2. The van der Waals surface area contributed by atoms with Gasteiger partial charge >= 0.3 is 5.97 Å². The molecule has 2 heterocycles. The number of fused-ring (bicyclic) bond motifs is 1. The van der Waals surface area contributed by atoms with Crippen LogP contribution in [0.4, 0.5) is 0 Å². The van der Waals surface area contributed by atoms with Gasteiger partial charge in [0.2, 0.25) is 5.82 Å². The first kappa shape index (κ1) is 13.8. The highest BCUT2D eigenvalue weighted by Crippen LogP contribution is 2.19. The van der Waals surface area contributed by atoms with Gasteiger partial charge < -0.3 is 15.4 Å². The summed E-state index contributed by atoms with van der Waals surface area (Å²) in [6.45, 7) is 0. The quantitative estimate of drug-likeness (QED) is 0.552. The molecule has 1 aromatic carbocycles. The molecule has 0 saturated carbocycles. The van der Waals surface area contributed by atoms with Gasteiger partial charge in [-0.1, -0.05) is 18.2 Å². The average molecular weight is 299 g/mol. The first-order valence-corrected chi connectivity index (χ1v) is 6.59. The van der Waals surface area contributed by atoms with Gasteiger partial charge in [-0.05, 0) is 11.6 Å². The number of nitrogens with zero attached hydrogens (tertiary/aromatic N) is 2. The van der Waals surface area contributed by atoms with Crippen LogP contribution in [-0.4, -0.2) is 43.2 Å². The second-order valence-corrected chi connectivity index (χ2v) is 4.76. The lowest BCUT2D eigenvalue weighted by atomic mass is 10.0. The Bertz CT molecular complexity index is 809. The summed E-state index contributed by atoms with van der Waals surface area (Å²) < 4.78 is 0. The Morgan fingerprint density at radius 3 is 2.86 bits per heavy atom. The molecule has 1 atom stereocenters. The zero-order chi connectivity index (χ0) is 15.5. The third-order valence-electron chi connectivity index (χ3n) is 3.33. The van der Waals surface area contributed by atoms with Crippen molar-refractivity contribution in [2.75, 3.05) is 0 Å². The normalized spacial score (nSPS) is 12.2. The molecule has 8 nitrogen and oxygen atoms in total. The number of benzene rings is 1. The summed E-state index contributed by atoms with van der Waals surface area (Å²) in [4.78, 5) is 30.1. The van der Waals surface area contributed by atoms with Gasteiger partial charge in [0.15, 0.2) is 0 Å². The fraction of sp³-hybridized carbons (Fsp3) is 0.143. The number of aromatic amines is 2. The van der Waals surface area contributed by atoms with Crippen LogP contribution in [0.2, 0.25) is 0 Å². The number of carboxylic acids is 1. The maximum absolute atomic E-state index is 11.9. The number of carbonyl (C=O) groups excluding carboxylic acids is 1. The number of nitrogens with one attached hydrogen (secondary N) is 3. The number of H-pyrrole nitrogens is 2. The average Bonchev–Trinajstić information content (AvgIpc) is 3.16. The van der Waals surface area contributed by atoms with Gasteiger partial charge in [0.25, 0.3) is 5.91 Å². The highest BCUT2D eigenvalue weighted by molar-refractivity contribution is 5.93. The minimum Gasteiger partial charge on any atom is -0.480 e. The van der Waals surface area contributed by atoms with Crippen molar-refractivity contribution in [1.29, 1.82) is 0 Å². The molecule has 4 N–H and O–H groups in total. The fourth-order valence-corrected chi connectivity index (χ4v) is 2.26. The molecule has 0 spiro atoms. The molecule has 3 rings (SSSR count). The van der Waals surface area contributed by atoms with Crippen LogP contribution >= 0.6 is 0 Å². The molecule has 0 aliphatic heterocycles. The first-order chi connectivity index (χ1) is 10.6. The maximum atomic E-state index is 11.9. The number of hydrogen-bond acceptors (Lipinski definition) is 4. The molecule has 22 heavy (non-hydrogen) atoms. The van der Waals surface area contributed by atoms with Crippen molar-refractivity contribution >= 4 is 22.8 Å². The molecule has 0 fully saturated rings. The number of amides is 1. The third kappa shape index (κ3) is 2.66. The van der Waals surface area contributed by atoms with E-state index in [-0.39, 0.29) is 12.2 Å². The van der Waals surface area contributed by atoms with Crippen molar-refractivity contribution in [3.05, 3.63) is 48.2 Å². The van der Waals surface area contributed by atoms with Crippen molar-refractivity contribution in [3.63, 3.8) is 0 Å². The predicted octanol–water partition coefficient (Wildman–Crippen LogP) is 0.712. The topological polar surface area (TPSA) is 124 Å². The van der Waals surface area contributed by atoms with E-state index in [4.69, 9.17) is 0 Å². The Kier molecular flexibility index (Phi) is 3.57. The van der Waals surface area contributed by atoms with Crippen LogP contribution in [0, 0.1) is 0 Å². The molecule has 1 amide bonds. The Morgan fingerprint density at radius 1 is 1.32 bits per heavy atom. The van der Waals surface area contributed by atoms with E-state index in [0.29, 0.717) is 0 Å². The Morgan fingerprint density at radius 2 is 2.14 bits per heavy atom. The highest BCUT2D eigenvalue weighted by atomic mass is 16.4. The SMILES string of the molecule is O=C(NC(Cc1c[nH]c2ccccc12)C(=O)O)c1ncn[nH]1. The van der Waals surface area contributed by atoms with Crippen LogP contribution in [0.15, 0.2) is 36.8 Å². The number of para-hydroxylation sites is 1. The summed E-state index contributed by atoms with van der Waals surface area (Å²) >= 11 is 0. The van der Waals surface area contributed by atoms with Gasteiger partial charge in [-0.3, -0.25) is 9.89 Å². The third-order valence-corrected chi connectivity index (χ3v) is 3.33. The number of aromatic nitrogens is 4. The lowest BCUT2D eigenvalue weighted by Gasteiger charge is -2.13. The van der Waals surface area contributed by atoms with Gasteiger partial charge in [0, 0.05) is 23.5 Å². The summed E-state index contributed by atoms with van der Waals surface area (Å²) in [6, 6.07) is 6.52. The maximum Gasteiger partial charge on any atom is 0.326 e. The van der Waals surface area contributed by atoms with E-state index in [1.54, 1.807) is 6.20 Å². The number of hydrogen-bond donors (Lipinski definition) is 4. The molecule has 1 unspecified atom stereocenters. The summed E-state index contributed by atoms with van der Waals surface area (Å²) in [7, 11) is 0. The minimum absolute atomic E-state index is 0.0230. The standard InChI is InChI=1S/C14H13N5O3/c20-13(12-16-7-17-19-12)18-11(14(21)22)5-8-6-15-10-4-2-1-3-9(8)10/h1-4,6-7,11,15H,5H2,(H,18,20)(H,21,22)(H,16,17,19). The van der Waals surface area contributed by atoms with Gasteiger partial charge in [-0.2, -0.15) is 5.10 Å². The summed E-state index contributed by atoms with van der Waals surface area (Å²) in [6.07, 6.45) is 3.10. The smallest absolute Gasteiger partial charge is 0.326 e. The van der Waals surface area contributed by atoms with Crippen LogP contribution < -0.4 is 5.32 Å². The molecule has 0 aliphatic carbocycles. The van der Waals surface area contributed by atoms with Crippen LogP contribution in [0.5, 0.6) is 0 Å². The Labute approximate surface area is 124 Å². The monoisotopic (exact) mass is 299 g/mol. The molecule has 3 aromatic rings. The second-order valence-electron chi connectivity index (χ2n) is 4.76. The van der Waals surface area contributed by atoms with E-state index < -0.39 is 17.9 Å². The molecule has 2 aromatic heterocycles. The lowest BCUT2D eigenvalue weighted by Crippen LogP contribution is -2.42. The molecule has 0 radical (unpaired) electrons. The molecule has 0 aliphatic rings. The van der Waals surface area contributed by atoms with E-state index in [2.05, 4.69) is 25.5 Å². The van der Waals surface area contributed by atoms with Gasteiger partial charge in [0.05, 0.1) is 0 Å². The van der Waals surface area contributed by atoms with E-state index >= 15 is 0 Å². The van der Waals surface area contributed by atoms with Gasteiger partial charge in [0.1, 0.15) is 12.4 Å². The van der Waals surface area contributed by atoms with Crippen molar-refractivity contribution in [2.45, 2.75) is 12.5 Å². The highest BCUT2D eigenvalue weighted by Gasteiger charge is 2.23. The lowest BCUT2D eigenvalue weighted by molar-refractivity contribution is -0.139. The summed E-state index contributed by atoms with van der Waals surface area (Å²) in [5.74, 6) is -1.74. The summed E-state index contributed by atoms with van der Waals surface area (Å²) in [5.41, 5.74) is 1.74. The molecular formula is C14H13N5O3. The van der Waals surface area contributed by atoms with Crippen LogP contribution in [0.3, 0.4) is 0 Å². The molecule has 112 valence electrons. The molecule has 0 bridgehead atoms. The zero-order valence-corrected chi connectivity index (χ0v) is 11.4. The largest absolute Gasteiger partial charge is 0.480 e. The van der Waals surface area contributed by atoms with Crippen LogP contribution in [0.25, 0.3) is 10.9 Å². The van der Waals surface area contributed by atoms with Gasteiger partial charge in [-0.25, -0.2) is 9.78 Å². The van der Waals surface area contributed by atoms with Crippen LogP contribution in [-0.2, 0) is 11.2 Å². The second kappa shape index (κ2) is 5.68. The van der Waals surface area contributed by atoms with Crippen molar-refractivity contribution in [3.8, 4) is 0 Å². The van der Waals surface area contributed by atoms with Crippen LogP contribution in [0.1, 0.15) is 16.2 Å². The van der Waals surface area contributed by atoms with Gasteiger partial charge in [-0.15, -0.1) is 0 Å². The van der Waals surface area contributed by atoms with E-state index in [1.807, 2.05) is 24.3 Å². The van der Waals surface area contributed by atoms with Crippen molar-refractivity contribution in [2.24, 2.45) is 0 Å². The number of rotatable bonds is 5. The molecule has 8 heteroatoms. The predicted molar refractivity (Wildman–Crippen MR) is 77.3 cm³/mol. The van der Waals surface area contributed by atoms with Crippen molar-refractivity contribution < 1.29 is 14.7 Å². The Balaban J connectivity index is 1.80. The number of aliphatic carboxylic acids is 1. The number of carboxylic acid groups (broad SMARTS) is 1. The van der Waals surface area contributed by atoms with Crippen molar-refractivity contribution in [1.82, 2.24) is 25.5 Å². The minimum atomic E-state index is -1.11. The molecular weight excluding hydrogens is 286 g/mol. The zero-order valence-electron chi connectivity index (χ0n) is 11.4. The summed E-state index contributed by atoms with van der Waals surface area (Å²) in [5, 5.41) is 18.6. The Hall–Kier alpha value is -3.16. The fourth-order valence-electron chi connectivity index (χ4n) is 2.26. The molecule has 0 saturated heterocycles.